The molecule has 0 bridgehead atoms. The average molecular weight is 428 g/mol. The van der Waals surface area contributed by atoms with E-state index in [0.29, 0.717) is 29.9 Å². The molecule has 164 valence electrons. The Morgan fingerprint density at radius 2 is 2.00 bits per heavy atom. The lowest BCUT2D eigenvalue weighted by atomic mass is 10.0. The van der Waals surface area contributed by atoms with Crippen molar-refractivity contribution in [2.45, 2.75) is 51.6 Å². The van der Waals surface area contributed by atoms with Gasteiger partial charge in [0.25, 0.3) is 0 Å². The molecule has 2 heterocycles. The van der Waals surface area contributed by atoms with Gasteiger partial charge in [-0.25, -0.2) is 9.18 Å². The summed E-state index contributed by atoms with van der Waals surface area (Å²) in [6, 6.07) is -0.0229. The van der Waals surface area contributed by atoms with Gasteiger partial charge in [0.15, 0.2) is 5.82 Å². The highest BCUT2D eigenvalue weighted by Gasteiger charge is 2.54. The van der Waals surface area contributed by atoms with E-state index in [1.165, 1.54) is 13.1 Å². The van der Waals surface area contributed by atoms with E-state index in [1.54, 1.807) is 11.5 Å². The lowest BCUT2D eigenvalue weighted by molar-refractivity contribution is -0.114. The van der Waals surface area contributed by atoms with Crippen LogP contribution in [0.5, 0.6) is 0 Å². The van der Waals surface area contributed by atoms with E-state index in [1.807, 2.05) is 4.90 Å². The molecule has 5 rings (SSSR count). The van der Waals surface area contributed by atoms with E-state index in [0.717, 1.165) is 25.7 Å². The van der Waals surface area contributed by atoms with E-state index < -0.39 is 28.7 Å². The number of hydrogen-bond donors (Lipinski definition) is 3. The largest absolute Gasteiger partial charge is 0.477 e. The number of benzene rings is 1. The molecular formula is C22H25FN4O4. The Labute approximate surface area is 177 Å². The number of pyridine rings is 1. The zero-order valence-corrected chi connectivity index (χ0v) is 17.5. The number of rotatable bonds is 4. The van der Waals surface area contributed by atoms with Crippen LogP contribution in [-0.2, 0) is 4.79 Å². The molecule has 4 N–H and O–H groups in total. The van der Waals surface area contributed by atoms with Crippen LogP contribution >= 0.6 is 0 Å². The molecule has 1 aromatic heterocycles. The van der Waals surface area contributed by atoms with E-state index in [4.69, 9.17) is 5.73 Å². The van der Waals surface area contributed by atoms with E-state index in [9.17, 15) is 19.5 Å². The first-order chi connectivity index (χ1) is 14.6. The SMILES string of the molecule is CC(=O)Nc1c(F)c(N2C[C@@H](N)C3(CC3)C2)c(C)c2c1c(=O)c(C(=O)O)cn2C1CC1. The van der Waals surface area contributed by atoms with Crippen molar-refractivity contribution in [3.63, 3.8) is 0 Å². The van der Waals surface area contributed by atoms with Crippen LogP contribution in [0.25, 0.3) is 10.9 Å². The van der Waals surface area contributed by atoms with Crippen molar-refractivity contribution < 1.29 is 19.1 Å². The van der Waals surface area contributed by atoms with Crippen molar-refractivity contribution in [1.82, 2.24) is 4.57 Å². The van der Waals surface area contributed by atoms with Gasteiger partial charge in [0.2, 0.25) is 11.3 Å². The third kappa shape index (κ3) is 2.94. The van der Waals surface area contributed by atoms with E-state index in [-0.39, 0.29) is 28.6 Å². The minimum absolute atomic E-state index is 0.00529. The van der Waals surface area contributed by atoms with Crippen LogP contribution in [0.1, 0.15) is 54.6 Å². The second-order valence-corrected chi connectivity index (χ2v) is 9.23. The summed E-state index contributed by atoms with van der Waals surface area (Å²) in [5.41, 5.74) is 6.23. The number of halogens is 1. The van der Waals surface area contributed by atoms with Crippen molar-refractivity contribution in [2.75, 3.05) is 23.3 Å². The molecule has 1 atom stereocenters. The van der Waals surface area contributed by atoms with Crippen LogP contribution in [0.2, 0.25) is 0 Å². The summed E-state index contributed by atoms with van der Waals surface area (Å²) in [4.78, 5) is 38.7. The van der Waals surface area contributed by atoms with Gasteiger partial charge in [-0.1, -0.05) is 0 Å². The second kappa shape index (κ2) is 6.53. The standard InChI is InChI=1S/C22H25FN4O4/c1-10-18-15(20(29)13(21(30)31)7-27(18)12-3-4-12)17(25-11(2)28)16(23)19(10)26-8-14(24)22(9-26)5-6-22/h7,12,14H,3-6,8-9,24H2,1-2H3,(H,25,28)(H,30,31)/t14-/m1/s1. The van der Waals surface area contributed by atoms with Crippen LogP contribution < -0.4 is 21.4 Å². The number of carboxylic acid groups (broad SMARTS) is 1. The minimum atomic E-state index is -1.38. The van der Waals surface area contributed by atoms with Crippen molar-refractivity contribution >= 4 is 34.2 Å². The van der Waals surface area contributed by atoms with Gasteiger partial charge in [0.1, 0.15) is 5.56 Å². The van der Waals surface area contributed by atoms with Crippen LogP contribution in [-0.4, -0.2) is 40.7 Å². The van der Waals surface area contributed by atoms with E-state index >= 15 is 4.39 Å². The predicted molar refractivity (Wildman–Crippen MR) is 114 cm³/mol. The van der Waals surface area contributed by atoms with Crippen LogP contribution in [0.3, 0.4) is 0 Å². The number of anilines is 2. The maximum atomic E-state index is 15.9. The maximum absolute atomic E-state index is 15.9. The van der Waals surface area contributed by atoms with Crippen molar-refractivity contribution in [1.29, 1.82) is 0 Å². The number of nitrogens with zero attached hydrogens (tertiary/aromatic N) is 2. The molecule has 1 amide bonds. The number of aromatic nitrogens is 1. The van der Waals surface area contributed by atoms with Gasteiger partial charge in [0.05, 0.1) is 22.3 Å². The predicted octanol–water partition coefficient (Wildman–Crippen LogP) is 2.37. The molecule has 2 aliphatic carbocycles. The van der Waals surface area contributed by atoms with Gasteiger partial charge < -0.3 is 25.6 Å². The maximum Gasteiger partial charge on any atom is 0.341 e. The Hall–Kier alpha value is -2.94. The molecule has 2 aromatic rings. The molecule has 3 aliphatic rings. The van der Waals surface area contributed by atoms with Crippen LogP contribution in [0.15, 0.2) is 11.0 Å². The molecule has 0 radical (unpaired) electrons. The summed E-state index contributed by atoms with van der Waals surface area (Å²) in [5, 5.41) is 11.9. The monoisotopic (exact) mass is 428 g/mol. The third-order valence-corrected chi connectivity index (χ3v) is 7.01. The molecular weight excluding hydrogens is 403 g/mol. The number of fused-ring (bicyclic) bond motifs is 1. The average Bonchev–Trinajstić information content (AvgIpc) is 3.59. The molecule has 1 spiro atoms. The number of nitrogens with two attached hydrogens (primary N) is 1. The van der Waals surface area contributed by atoms with Crippen molar-refractivity contribution in [2.24, 2.45) is 11.1 Å². The fraction of sp³-hybridized carbons (Fsp3) is 0.500. The highest BCUT2D eigenvalue weighted by Crippen LogP contribution is 2.54. The molecule has 1 aliphatic heterocycles. The summed E-state index contributed by atoms with van der Waals surface area (Å²) in [6.07, 6.45) is 5.06. The molecule has 9 heteroatoms. The third-order valence-electron chi connectivity index (χ3n) is 7.01. The highest BCUT2D eigenvalue weighted by molar-refractivity contribution is 6.06. The Morgan fingerprint density at radius 1 is 1.32 bits per heavy atom. The summed E-state index contributed by atoms with van der Waals surface area (Å²) in [6.45, 7) is 4.10. The van der Waals surface area contributed by atoms with Crippen molar-refractivity contribution in [3.8, 4) is 0 Å². The van der Waals surface area contributed by atoms with Gasteiger partial charge in [-0.15, -0.1) is 0 Å². The Bertz CT molecular complexity index is 1210. The number of aryl methyl sites for hydroxylation is 1. The lowest BCUT2D eigenvalue weighted by Gasteiger charge is -2.26. The first-order valence-electron chi connectivity index (χ1n) is 10.6. The molecule has 3 fully saturated rings. The number of hydrogen-bond acceptors (Lipinski definition) is 5. The van der Waals surface area contributed by atoms with Gasteiger partial charge in [-0.2, -0.15) is 0 Å². The lowest BCUT2D eigenvalue weighted by Crippen LogP contribution is -2.31. The molecule has 31 heavy (non-hydrogen) atoms. The quantitative estimate of drug-likeness (QED) is 0.688. The zero-order valence-electron chi connectivity index (χ0n) is 17.5. The zero-order chi connectivity index (χ0) is 22.2. The number of carbonyl (C=O) groups is 2. The Balaban J connectivity index is 1.85. The normalized spacial score (nSPS) is 21.7. The summed E-state index contributed by atoms with van der Waals surface area (Å²) >= 11 is 0. The van der Waals surface area contributed by atoms with Crippen LogP contribution in [0, 0.1) is 18.2 Å². The highest BCUT2D eigenvalue weighted by atomic mass is 19.1. The fourth-order valence-corrected chi connectivity index (χ4v) is 5.07. The topological polar surface area (TPSA) is 118 Å². The smallest absolute Gasteiger partial charge is 0.341 e. The second-order valence-electron chi connectivity index (χ2n) is 9.23. The molecule has 8 nitrogen and oxygen atoms in total. The van der Waals surface area contributed by atoms with Crippen LogP contribution in [0.4, 0.5) is 15.8 Å². The van der Waals surface area contributed by atoms with Gasteiger partial charge >= 0.3 is 5.97 Å². The molecule has 0 unspecified atom stereocenters. The molecule has 2 saturated carbocycles. The Kier molecular flexibility index (Phi) is 4.21. The molecule has 1 aromatic carbocycles. The van der Waals surface area contributed by atoms with E-state index in [2.05, 4.69) is 5.32 Å². The first kappa shape index (κ1) is 20.0. The van der Waals surface area contributed by atoms with Crippen molar-refractivity contribution in [3.05, 3.63) is 33.4 Å². The number of nitrogens with one attached hydrogen (secondary N) is 1. The fourth-order valence-electron chi connectivity index (χ4n) is 5.07. The first-order valence-corrected chi connectivity index (χ1v) is 10.6. The summed E-state index contributed by atoms with van der Waals surface area (Å²) in [5.74, 6) is -2.63. The number of amides is 1. The summed E-state index contributed by atoms with van der Waals surface area (Å²) < 4.78 is 17.7. The van der Waals surface area contributed by atoms with Gasteiger partial charge in [0, 0.05) is 43.7 Å². The number of aromatic carboxylic acids is 1. The van der Waals surface area contributed by atoms with Gasteiger partial charge in [-0.3, -0.25) is 9.59 Å². The Morgan fingerprint density at radius 3 is 2.52 bits per heavy atom. The summed E-state index contributed by atoms with van der Waals surface area (Å²) in [7, 11) is 0. The molecule has 1 saturated heterocycles. The minimum Gasteiger partial charge on any atom is -0.477 e. The van der Waals surface area contributed by atoms with Gasteiger partial charge in [-0.05, 0) is 38.2 Å². The number of carbonyl (C=O) groups excluding carboxylic acids is 1. The number of carboxylic acids is 1.